The van der Waals surface area contributed by atoms with E-state index in [1.54, 1.807) is 0 Å². The lowest BCUT2D eigenvalue weighted by Gasteiger charge is -2.04. The van der Waals surface area contributed by atoms with E-state index in [4.69, 9.17) is 5.73 Å². The van der Waals surface area contributed by atoms with Crippen molar-refractivity contribution in [1.82, 2.24) is 4.98 Å². The monoisotopic (exact) mass is 219 g/mol. The molecule has 0 aliphatic carbocycles. The molecule has 0 saturated heterocycles. The van der Waals surface area contributed by atoms with Crippen LogP contribution < -0.4 is 10.5 Å². The van der Waals surface area contributed by atoms with Gasteiger partial charge in [-0.05, 0) is 0 Å². The standard InChI is InChI=1S/C7H7F2N3O3/c8-5(9)3-15-6-2-1-4(12(13)14)7(10)11-6/h1-2,5H,3H2,(H2,10,11). The lowest BCUT2D eigenvalue weighted by molar-refractivity contribution is -0.384. The van der Waals surface area contributed by atoms with Crippen molar-refractivity contribution in [3.05, 3.63) is 22.2 Å². The number of pyridine rings is 1. The number of aromatic nitrogens is 1. The second kappa shape index (κ2) is 4.49. The zero-order valence-corrected chi connectivity index (χ0v) is 7.39. The second-order valence-corrected chi connectivity index (χ2v) is 2.51. The molecule has 8 heteroatoms. The highest BCUT2D eigenvalue weighted by Crippen LogP contribution is 2.21. The number of anilines is 1. The van der Waals surface area contributed by atoms with Gasteiger partial charge in [0, 0.05) is 12.1 Å². The van der Waals surface area contributed by atoms with Gasteiger partial charge in [-0.1, -0.05) is 0 Å². The third-order valence-corrected chi connectivity index (χ3v) is 1.43. The molecule has 0 unspecified atom stereocenters. The molecule has 0 radical (unpaired) electrons. The minimum atomic E-state index is -2.64. The summed E-state index contributed by atoms with van der Waals surface area (Å²) in [7, 11) is 0. The maximum Gasteiger partial charge on any atom is 0.311 e. The van der Waals surface area contributed by atoms with Gasteiger partial charge in [0.25, 0.3) is 6.43 Å². The van der Waals surface area contributed by atoms with Crippen molar-refractivity contribution < 1.29 is 18.4 Å². The number of nitrogen functional groups attached to an aromatic ring is 1. The number of nitrogens with zero attached hydrogens (tertiary/aromatic N) is 2. The molecular formula is C7H7F2N3O3. The van der Waals surface area contributed by atoms with Gasteiger partial charge in [-0.15, -0.1) is 0 Å². The number of nitro groups is 1. The fourth-order valence-corrected chi connectivity index (χ4v) is 0.832. The second-order valence-electron chi connectivity index (χ2n) is 2.51. The van der Waals surface area contributed by atoms with Gasteiger partial charge in [0.2, 0.25) is 11.7 Å². The summed E-state index contributed by atoms with van der Waals surface area (Å²) >= 11 is 0. The Morgan fingerprint density at radius 1 is 1.60 bits per heavy atom. The SMILES string of the molecule is Nc1nc(OCC(F)F)ccc1[N+](=O)[O-]. The predicted octanol–water partition coefficient (Wildman–Crippen LogP) is 1.22. The molecule has 0 spiro atoms. The molecule has 0 saturated carbocycles. The minimum absolute atomic E-state index is 0.168. The van der Waals surface area contributed by atoms with E-state index in [9.17, 15) is 18.9 Å². The van der Waals surface area contributed by atoms with Crippen LogP contribution >= 0.6 is 0 Å². The summed E-state index contributed by atoms with van der Waals surface area (Å²) in [4.78, 5) is 13.0. The van der Waals surface area contributed by atoms with Crippen molar-refractivity contribution in [2.75, 3.05) is 12.3 Å². The first-order chi connectivity index (χ1) is 7.00. The van der Waals surface area contributed by atoms with Crippen LogP contribution in [0.4, 0.5) is 20.3 Å². The van der Waals surface area contributed by atoms with Crippen molar-refractivity contribution in [2.45, 2.75) is 6.43 Å². The molecule has 0 atom stereocenters. The fourth-order valence-electron chi connectivity index (χ4n) is 0.832. The molecule has 0 fully saturated rings. The van der Waals surface area contributed by atoms with Gasteiger partial charge in [-0.3, -0.25) is 10.1 Å². The van der Waals surface area contributed by atoms with Crippen LogP contribution in [0, 0.1) is 10.1 Å². The summed E-state index contributed by atoms with van der Waals surface area (Å²) in [6.45, 7) is -0.829. The molecule has 0 amide bonds. The van der Waals surface area contributed by atoms with Gasteiger partial charge in [-0.2, -0.15) is 4.98 Å². The third kappa shape index (κ3) is 3.01. The van der Waals surface area contributed by atoms with Gasteiger partial charge < -0.3 is 10.5 Å². The van der Waals surface area contributed by atoms with Gasteiger partial charge in [0.05, 0.1) is 4.92 Å². The van der Waals surface area contributed by atoms with Crippen molar-refractivity contribution in [3.63, 3.8) is 0 Å². The van der Waals surface area contributed by atoms with Gasteiger partial charge in [-0.25, -0.2) is 8.78 Å². The Bertz CT molecular complexity index is 372. The van der Waals surface area contributed by atoms with E-state index < -0.39 is 18.0 Å². The number of nitrogens with two attached hydrogens (primary N) is 1. The van der Waals surface area contributed by atoms with Crippen LogP contribution in [0.2, 0.25) is 0 Å². The first-order valence-corrected chi connectivity index (χ1v) is 3.82. The summed E-state index contributed by atoms with van der Waals surface area (Å²) in [5.74, 6) is -0.537. The molecule has 1 rings (SSSR count). The number of ether oxygens (including phenoxy) is 1. The average molecular weight is 219 g/mol. The Morgan fingerprint density at radius 3 is 2.73 bits per heavy atom. The summed E-state index contributed by atoms with van der Waals surface area (Å²) in [6, 6.07) is 2.15. The smallest absolute Gasteiger partial charge is 0.311 e. The van der Waals surface area contributed by atoms with Crippen LogP contribution in [-0.2, 0) is 0 Å². The Kier molecular flexibility index (Phi) is 3.32. The highest BCUT2D eigenvalue weighted by molar-refractivity contribution is 5.53. The lowest BCUT2D eigenvalue weighted by Crippen LogP contribution is -2.09. The summed E-state index contributed by atoms with van der Waals surface area (Å²) in [5, 5.41) is 10.3. The Hall–Kier alpha value is -1.99. The number of rotatable bonds is 4. The van der Waals surface area contributed by atoms with E-state index >= 15 is 0 Å². The highest BCUT2D eigenvalue weighted by Gasteiger charge is 2.14. The van der Waals surface area contributed by atoms with Crippen LogP contribution in [-0.4, -0.2) is 22.9 Å². The summed E-state index contributed by atoms with van der Waals surface area (Å²) in [5.41, 5.74) is 4.82. The molecule has 82 valence electrons. The van der Waals surface area contributed by atoms with Crippen LogP contribution in [0.5, 0.6) is 5.88 Å². The molecule has 0 aliphatic heterocycles. The Morgan fingerprint density at radius 2 is 2.27 bits per heavy atom. The predicted molar refractivity (Wildman–Crippen MR) is 46.8 cm³/mol. The normalized spacial score (nSPS) is 10.3. The highest BCUT2D eigenvalue weighted by atomic mass is 19.3. The van der Waals surface area contributed by atoms with E-state index in [2.05, 4.69) is 9.72 Å². The molecule has 1 aromatic heterocycles. The fraction of sp³-hybridized carbons (Fsp3) is 0.286. The van der Waals surface area contributed by atoms with E-state index in [0.717, 1.165) is 12.1 Å². The van der Waals surface area contributed by atoms with Crippen molar-refractivity contribution >= 4 is 11.5 Å². The van der Waals surface area contributed by atoms with E-state index in [-0.39, 0.29) is 17.4 Å². The van der Waals surface area contributed by atoms with Crippen molar-refractivity contribution in [2.24, 2.45) is 0 Å². The zero-order valence-electron chi connectivity index (χ0n) is 7.39. The number of alkyl halides is 2. The number of halogens is 2. The maximum atomic E-state index is 11.7. The Labute approximate surface area is 82.8 Å². The molecule has 0 aromatic carbocycles. The number of hydrogen-bond acceptors (Lipinski definition) is 5. The first kappa shape index (κ1) is 11.1. The van der Waals surface area contributed by atoms with Crippen molar-refractivity contribution in [1.29, 1.82) is 0 Å². The van der Waals surface area contributed by atoms with Crippen LogP contribution in [0.15, 0.2) is 12.1 Å². The van der Waals surface area contributed by atoms with Gasteiger partial charge in [0.15, 0.2) is 6.61 Å². The quantitative estimate of drug-likeness (QED) is 0.607. The van der Waals surface area contributed by atoms with E-state index in [0.29, 0.717) is 0 Å². The first-order valence-electron chi connectivity index (χ1n) is 3.82. The molecule has 1 aromatic rings. The van der Waals surface area contributed by atoms with Gasteiger partial charge >= 0.3 is 5.69 Å². The third-order valence-electron chi connectivity index (χ3n) is 1.43. The minimum Gasteiger partial charge on any atom is -0.472 e. The van der Waals surface area contributed by atoms with Gasteiger partial charge in [0.1, 0.15) is 0 Å². The molecule has 0 aliphatic rings. The molecule has 0 bridgehead atoms. The van der Waals surface area contributed by atoms with E-state index in [1.165, 1.54) is 0 Å². The zero-order chi connectivity index (χ0) is 11.4. The summed E-state index contributed by atoms with van der Waals surface area (Å²) < 4.78 is 28.0. The Balaban J connectivity index is 2.78. The molecule has 1 heterocycles. The van der Waals surface area contributed by atoms with Crippen LogP contribution in [0.25, 0.3) is 0 Å². The lowest BCUT2D eigenvalue weighted by atomic mass is 10.4. The number of hydrogen-bond donors (Lipinski definition) is 1. The molecule has 2 N–H and O–H groups in total. The summed E-state index contributed by atoms with van der Waals surface area (Å²) in [6.07, 6.45) is -2.64. The maximum absolute atomic E-state index is 11.7. The molecular weight excluding hydrogens is 212 g/mol. The van der Waals surface area contributed by atoms with Crippen LogP contribution in [0.3, 0.4) is 0 Å². The molecule has 15 heavy (non-hydrogen) atoms. The van der Waals surface area contributed by atoms with Crippen molar-refractivity contribution in [3.8, 4) is 5.88 Å². The largest absolute Gasteiger partial charge is 0.472 e. The van der Waals surface area contributed by atoms with Crippen LogP contribution in [0.1, 0.15) is 0 Å². The van der Waals surface area contributed by atoms with E-state index in [1.807, 2.05) is 0 Å². The molecule has 6 nitrogen and oxygen atoms in total. The average Bonchev–Trinajstić information content (AvgIpc) is 2.14. The topological polar surface area (TPSA) is 91.3 Å².